The van der Waals surface area contributed by atoms with Gasteiger partial charge in [0.25, 0.3) is 10.0 Å². The summed E-state index contributed by atoms with van der Waals surface area (Å²) < 4.78 is 34.6. The average molecular weight is 648 g/mol. The van der Waals surface area contributed by atoms with Gasteiger partial charge in [0.2, 0.25) is 11.8 Å². The second-order valence-electron chi connectivity index (χ2n) is 10.7. The van der Waals surface area contributed by atoms with Crippen LogP contribution in [0.15, 0.2) is 114 Å². The lowest BCUT2D eigenvalue weighted by Gasteiger charge is -2.34. The minimum absolute atomic E-state index is 0.0126. The van der Waals surface area contributed by atoms with Gasteiger partial charge in [-0.1, -0.05) is 91.3 Å². The summed E-state index contributed by atoms with van der Waals surface area (Å²) in [7, 11) is -2.73. The van der Waals surface area contributed by atoms with Gasteiger partial charge in [-0.25, -0.2) is 8.42 Å². The molecule has 0 aliphatic heterocycles. The van der Waals surface area contributed by atoms with E-state index in [2.05, 4.69) is 5.32 Å². The first-order chi connectivity index (χ1) is 21.6. The van der Waals surface area contributed by atoms with Gasteiger partial charge >= 0.3 is 0 Å². The molecule has 0 radical (unpaired) electrons. The van der Waals surface area contributed by atoms with Gasteiger partial charge in [-0.2, -0.15) is 0 Å². The summed E-state index contributed by atoms with van der Waals surface area (Å²) in [5.41, 5.74) is 1.72. The molecule has 0 saturated carbocycles. The molecule has 4 aromatic carbocycles. The molecule has 45 heavy (non-hydrogen) atoms. The molecule has 0 aromatic heterocycles. The van der Waals surface area contributed by atoms with E-state index in [1.807, 2.05) is 44.2 Å². The summed E-state index contributed by atoms with van der Waals surface area (Å²) in [5, 5.41) is 3.46. The fourth-order valence-corrected chi connectivity index (χ4v) is 6.44. The lowest BCUT2D eigenvalue weighted by molar-refractivity contribution is -0.140. The fourth-order valence-electron chi connectivity index (χ4n) is 4.82. The molecule has 0 fully saturated rings. The molecule has 236 valence electrons. The van der Waals surface area contributed by atoms with Crippen LogP contribution in [0.3, 0.4) is 0 Å². The summed E-state index contributed by atoms with van der Waals surface area (Å²) in [6.45, 7) is 3.27. The van der Waals surface area contributed by atoms with Gasteiger partial charge in [-0.05, 0) is 54.8 Å². The number of hydrogen-bond donors (Lipinski definition) is 1. The molecule has 0 spiro atoms. The van der Waals surface area contributed by atoms with Crippen LogP contribution in [0.2, 0.25) is 5.02 Å². The topological polar surface area (TPSA) is 96.0 Å². The van der Waals surface area contributed by atoms with E-state index >= 15 is 0 Å². The van der Waals surface area contributed by atoms with Crippen molar-refractivity contribution >= 4 is 39.1 Å². The van der Waals surface area contributed by atoms with E-state index in [4.69, 9.17) is 16.3 Å². The van der Waals surface area contributed by atoms with Gasteiger partial charge in [-0.15, -0.1) is 0 Å². The van der Waals surface area contributed by atoms with Crippen LogP contribution in [0.25, 0.3) is 0 Å². The third-order valence-electron chi connectivity index (χ3n) is 7.52. The lowest BCUT2D eigenvalue weighted by atomic mass is 10.0. The minimum atomic E-state index is -4.21. The first-order valence-electron chi connectivity index (χ1n) is 14.7. The maximum Gasteiger partial charge on any atom is 0.264 e. The smallest absolute Gasteiger partial charge is 0.264 e. The number of benzene rings is 4. The number of carbonyl (C=O) groups excluding carboxylic acids is 2. The Bertz CT molecular complexity index is 1690. The number of anilines is 1. The van der Waals surface area contributed by atoms with Crippen molar-refractivity contribution in [1.29, 1.82) is 0 Å². The van der Waals surface area contributed by atoms with Crippen LogP contribution in [0.5, 0.6) is 5.75 Å². The number of methoxy groups -OCH3 is 1. The maximum absolute atomic E-state index is 14.5. The Morgan fingerprint density at radius 2 is 1.53 bits per heavy atom. The highest BCUT2D eigenvalue weighted by atomic mass is 35.5. The van der Waals surface area contributed by atoms with E-state index in [0.29, 0.717) is 22.8 Å². The second kappa shape index (κ2) is 15.6. The number of amides is 2. The fraction of sp³-hybridized carbons (Fsp3) is 0.257. The van der Waals surface area contributed by atoms with Crippen LogP contribution in [0.1, 0.15) is 31.4 Å². The van der Waals surface area contributed by atoms with Gasteiger partial charge in [0.15, 0.2) is 0 Å². The van der Waals surface area contributed by atoms with Gasteiger partial charge < -0.3 is 15.0 Å². The number of hydrogen-bond acceptors (Lipinski definition) is 5. The Kier molecular flexibility index (Phi) is 11.6. The minimum Gasteiger partial charge on any atom is -0.497 e. The number of halogens is 1. The molecular formula is C35H38ClN3O5S. The van der Waals surface area contributed by atoms with Crippen LogP contribution in [0, 0.1) is 0 Å². The van der Waals surface area contributed by atoms with E-state index in [9.17, 15) is 18.0 Å². The number of ether oxygens (including phenoxy) is 1. The average Bonchev–Trinajstić information content (AvgIpc) is 3.06. The molecule has 1 N–H and O–H groups in total. The number of rotatable bonds is 14. The molecule has 2 amide bonds. The first kappa shape index (κ1) is 33.6. The maximum atomic E-state index is 14.5. The van der Waals surface area contributed by atoms with Crippen molar-refractivity contribution in [1.82, 2.24) is 10.2 Å². The molecule has 4 aromatic rings. The Labute approximate surface area is 270 Å². The lowest BCUT2D eigenvalue weighted by Crippen LogP contribution is -2.54. The normalized spacial score (nSPS) is 12.5. The van der Waals surface area contributed by atoms with Crippen LogP contribution in [-0.4, -0.2) is 50.9 Å². The Hall–Kier alpha value is -4.34. The van der Waals surface area contributed by atoms with E-state index in [1.165, 1.54) is 24.1 Å². The zero-order valence-electron chi connectivity index (χ0n) is 25.6. The number of nitrogens with zero attached hydrogens (tertiary/aromatic N) is 2. The zero-order valence-corrected chi connectivity index (χ0v) is 27.2. The summed E-state index contributed by atoms with van der Waals surface area (Å²) in [5.74, 6) is -0.485. The van der Waals surface area contributed by atoms with Crippen molar-refractivity contribution in [2.45, 2.75) is 50.2 Å². The molecule has 0 bridgehead atoms. The van der Waals surface area contributed by atoms with E-state index in [1.54, 1.807) is 66.7 Å². The predicted octanol–water partition coefficient (Wildman–Crippen LogP) is 6.10. The highest BCUT2D eigenvalue weighted by molar-refractivity contribution is 7.92. The van der Waals surface area contributed by atoms with E-state index < -0.39 is 28.5 Å². The van der Waals surface area contributed by atoms with Crippen molar-refractivity contribution in [3.8, 4) is 5.75 Å². The number of carbonyl (C=O) groups is 2. The first-order valence-corrected chi connectivity index (χ1v) is 16.5. The Balaban J connectivity index is 1.82. The third-order valence-corrected chi connectivity index (χ3v) is 9.68. The predicted molar refractivity (Wildman–Crippen MR) is 178 cm³/mol. The highest BCUT2D eigenvalue weighted by Gasteiger charge is 2.35. The summed E-state index contributed by atoms with van der Waals surface area (Å²) >= 11 is 6.55. The van der Waals surface area contributed by atoms with Gasteiger partial charge in [0.05, 0.1) is 17.7 Å². The summed E-state index contributed by atoms with van der Waals surface area (Å²) in [6, 6.07) is 29.8. The quantitative estimate of drug-likeness (QED) is 0.179. The summed E-state index contributed by atoms with van der Waals surface area (Å²) in [6.07, 6.45) is 0.908. The molecule has 0 unspecified atom stereocenters. The third kappa shape index (κ3) is 8.65. The molecule has 0 aliphatic rings. The van der Waals surface area contributed by atoms with Crippen molar-refractivity contribution in [3.05, 3.63) is 125 Å². The van der Waals surface area contributed by atoms with Crippen LogP contribution in [0.4, 0.5) is 5.69 Å². The molecular weight excluding hydrogens is 610 g/mol. The Morgan fingerprint density at radius 3 is 2.18 bits per heavy atom. The van der Waals surface area contributed by atoms with Gasteiger partial charge in [0.1, 0.15) is 18.3 Å². The molecule has 0 saturated heterocycles. The Morgan fingerprint density at radius 1 is 0.889 bits per heavy atom. The highest BCUT2D eigenvalue weighted by Crippen LogP contribution is 2.28. The molecule has 0 heterocycles. The molecule has 8 nitrogen and oxygen atoms in total. The van der Waals surface area contributed by atoms with Crippen molar-refractivity contribution in [3.63, 3.8) is 0 Å². The second-order valence-corrected chi connectivity index (χ2v) is 12.9. The molecule has 2 atom stereocenters. The van der Waals surface area contributed by atoms with Crippen molar-refractivity contribution < 1.29 is 22.7 Å². The standard InChI is InChI=1S/C35H38ClN3O5S/c1-4-26(2)37-35(41)33(22-27-14-7-5-8-15-27)38(24-28-16-11-12-21-32(28)36)34(40)25-39(29-17-13-18-30(23-29)44-3)45(42,43)31-19-9-6-10-20-31/h5-21,23,26,33H,4,22,24-25H2,1-3H3,(H,37,41)/t26-,33-/m0/s1. The van der Waals surface area contributed by atoms with E-state index in [0.717, 1.165) is 9.87 Å². The molecule has 0 aliphatic carbocycles. The van der Waals surface area contributed by atoms with Crippen LogP contribution >= 0.6 is 11.6 Å². The van der Waals surface area contributed by atoms with Crippen LogP contribution in [-0.2, 0) is 32.6 Å². The molecule has 10 heteroatoms. The monoisotopic (exact) mass is 647 g/mol. The van der Waals surface area contributed by atoms with Crippen molar-refractivity contribution in [2.24, 2.45) is 0 Å². The van der Waals surface area contributed by atoms with Gasteiger partial charge in [-0.3, -0.25) is 13.9 Å². The van der Waals surface area contributed by atoms with Crippen molar-refractivity contribution in [2.75, 3.05) is 18.0 Å². The molecule has 4 rings (SSSR count). The zero-order chi connectivity index (χ0) is 32.4. The van der Waals surface area contributed by atoms with Crippen LogP contribution < -0.4 is 14.4 Å². The largest absolute Gasteiger partial charge is 0.497 e. The number of sulfonamides is 1. The number of nitrogens with one attached hydrogen (secondary N) is 1. The van der Waals surface area contributed by atoms with Gasteiger partial charge in [0, 0.05) is 30.1 Å². The van der Waals surface area contributed by atoms with E-state index in [-0.39, 0.29) is 35.5 Å². The SMILES string of the molecule is CC[C@H](C)NC(=O)[C@H](Cc1ccccc1)N(Cc1ccccc1Cl)C(=O)CN(c1cccc(OC)c1)S(=O)(=O)c1ccccc1. The summed E-state index contributed by atoms with van der Waals surface area (Å²) in [4.78, 5) is 29.9.